The Labute approximate surface area is 156 Å². The lowest BCUT2D eigenvalue weighted by Gasteiger charge is -2.11. The van der Waals surface area contributed by atoms with Crippen molar-refractivity contribution in [2.24, 2.45) is 0 Å². The lowest BCUT2D eigenvalue weighted by atomic mass is 10.2. The zero-order valence-electron chi connectivity index (χ0n) is 14.8. The lowest BCUT2D eigenvalue weighted by molar-refractivity contribution is -0.384. The molecule has 0 fully saturated rings. The standard InChI is InChI=1S/C18H18N4O4S/c1-3-14-5-4-6-17(12-14)27(25,26)20-18-11-13(2)19-21(18)15-7-9-16(10-8-15)22(23)24/h4-12,20H,3H2,1-2H3. The third-order valence-corrected chi connectivity index (χ3v) is 5.34. The van der Waals surface area contributed by atoms with E-state index in [4.69, 9.17) is 0 Å². The molecule has 8 nitrogen and oxygen atoms in total. The maximum absolute atomic E-state index is 12.8. The Balaban J connectivity index is 1.97. The van der Waals surface area contributed by atoms with Crippen LogP contribution in [0, 0.1) is 17.0 Å². The van der Waals surface area contributed by atoms with Crippen LogP contribution in [0.4, 0.5) is 11.5 Å². The molecule has 0 aliphatic heterocycles. The monoisotopic (exact) mass is 386 g/mol. The first kappa shape index (κ1) is 18.6. The summed E-state index contributed by atoms with van der Waals surface area (Å²) in [5, 5.41) is 15.1. The van der Waals surface area contributed by atoms with Gasteiger partial charge in [-0.1, -0.05) is 19.1 Å². The number of benzene rings is 2. The molecule has 3 rings (SSSR count). The smallest absolute Gasteiger partial charge is 0.263 e. The van der Waals surface area contributed by atoms with Gasteiger partial charge in [0.2, 0.25) is 0 Å². The van der Waals surface area contributed by atoms with Crippen LogP contribution in [0.2, 0.25) is 0 Å². The quantitative estimate of drug-likeness (QED) is 0.516. The molecule has 1 N–H and O–H groups in total. The first-order valence-electron chi connectivity index (χ1n) is 8.23. The van der Waals surface area contributed by atoms with Crippen LogP contribution in [0.25, 0.3) is 5.69 Å². The fourth-order valence-electron chi connectivity index (χ4n) is 2.61. The number of nitrogens with zero attached hydrogens (tertiary/aromatic N) is 3. The Morgan fingerprint density at radius 3 is 2.48 bits per heavy atom. The van der Waals surface area contributed by atoms with Crippen molar-refractivity contribution in [2.45, 2.75) is 25.2 Å². The molecule has 0 unspecified atom stereocenters. The molecule has 2 aromatic carbocycles. The summed E-state index contributed by atoms with van der Waals surface area (Å²) < 4.78 is 29.5. The number of nitro benzene ring substituents is 1. The second-order valence-corrected chi connectivity index (χ2v) is 7.65. The predicted molar refractivity (Wildman–Crippen MR) is 102 cm³/mol. The van der Waals surface area contributed by atoms with E-state index in [9.17, 15) is 18.5 Å². The molecule has 0 bridgehead atoms. The van der Waals surface area contributed by atoms with Gasteiger partial charge in [0.15, 0.2) is 0 Å². The summed E-state index contributed by atoms with van der Waals surface area (Å²) in [6.45, 7) is 3.68. The number of aryl methyl sites for hydroxylation is 2. The molecule has 0 radical (unpaired) electrons. The summed E-state index contributed by atoms with van der Waals surface area (Å²) >= 11 is 0. The van der Waals surface area contributed by atoms with Crippen molar-refractivity contribution in [2.75, 3.05) is 4.72 Å². The van der Waals surface area contributed by atoms with Gasteiger partial charge in [-0.2, -0.15) is 5.10 Å². The van der Waals surface area contributed by atoms with Gasteiger partial charge in [-0.15, -0.1) is 0 Å². The number of rotatable bonds is 6. The van der Waals surface area contributed by atoms with Gasteiger partial charge in [0.05, 0.1) is 21.2 Å². The van der Waals surface area contributed by atoms with Crippen molar-refractivity contribution in [3.05, 3.63) is 76.0 Å². The van der Waals surface area contributed by atoms with Gasteiger partial charge in [0.25, 0.3) is 15.7 Å². The number of non-ortho nitro benzene ring substituents is 1. The third kappa shape index (κ3) is 3.98. The molecule has 0 saturated carbocycles. The van der Waals surface area contributed by atoms with E-state index in [0.717, 1.165) is 12.0 Å². The first-order chi connectivity index (χ1) is 12.8. The van der Waals surface area contributed by atoms with Crippen molar-refractivity contribution in [1.82, 2.24) is 9.78 Å². The Morgan fingerprint density at radius 2 is 1.85 bits per heavy atom. The van der Waals surface area contributed by atoms with Crippen molar-refractivity contribution in [3.8, 4) is 5.69 Å². The lowest BCUT2D eigenvalue weighted by Crippen LogP contribution is -2.16. The van der Waals surface area contributed by atoms with E-state index in [1.807, 2.05) is 13.0 Å². The molecule has 0 saturated heterocycles. The van der Waals surface area contributed by atoms with Gasteiger partial charge >= 0.3 is 0 Å². The maximum Gasteiger partial charge on any atom is 0.269 e. The molecule has 140 valence electrons. The number of nitrogens with one attached hydrogen (secondary N) is 1. The van der Waals surface area contributed by atoms with Gasteiger partial charge in [0.1, 0.15) is 5.82 Å². The molecule has 1 aromatic heterocycles. The van der Waals surface area contributed by atoms with Crippen LogP contribution >= 0.6 is 0 Å². The second-order valence-electron chi connectivity index (χ2n) is 5.96. The molecule has 0 aliphatic carbocycles. The second kappa shape index (κ2) is 7.20. The molecular formula is C18H18N4O4S. The molecule has 0 spiro atoms. The van der Waals surface area contributed by atoms with Crippen LogP contribution in [0.15, 0.2) is 59.5 Å². The Bertz CT molecular complexity index is 1090. The van der Waals surface area contributed by atoms with Crippen LogP contribution in [0.3, 0.4) is 0 Å². The largest absolute Gasteiger partial charge is 0.269 e. The van der Waals surface area contributed by atoms with Crippen molar-refractivity contribution in [1.29, 1.82) is 0 Å². The third-order valence-electron chi connectivity index (χ3n) is 3.99. The van der Waals surface area contributed by atoms with Gasteiger partial charge in [0, 0.05) is 18.2 Å². The zero-order chi connectivity index (χ0) is 19.6. The Hall–Kier alpha value is -3.20. The average Bonchev–Trinajstić information content (AvgIpc) is 3.01. The fourth-order valence-corrected chi connectivity index (χ4v) is 3.72. The molecule has 1 heterocycles. The average molecular weight is 386 g/mol. The normalized spacial score (nSPS) is 11.3. The summed E-state index contributed by atoms with van der Waals surface area (Å²) in [5.74, 6) is 0.253. The summed E-state index contributed by atoms with van der Waals surface area (Å²) in [6.07, 6.45) is 0.725. The topological polar surface area (TPSA) is 107 Å². The van der Waals surface area contributed by atoms with E-state index in [-0.39, 0.29) is 16.4 Å². The number of sulfonamides is 1. The van der Waals surface area contributed by atoms with Crippen LogP contribution in [0.5, 0.6) is 0 Å². The summed E-state index contributed by atoms with van der Waals surface area (Å²) in [4.78, 5) is 10.5. The number of hydrogen-bond donors (Lipinski definition) is 1. The minimum Gasteiger partial charge on any atom is -0.263 e. The van der Waals surface area contributed by atoms with Crippen LogP contribution in [0.1, 0.15) is 18.2 Å². The molecule has 9 heteroatoms. The summed E-state index contributed by atoms with van der Waals surface area (Å²) in [7, 11) is -3.80. The van der Waals surface area contributed by atoms with Gasteiger partial charge in [-0.25, -0.2) is 13.1 Å². The van der Waals surface area contributed by atoms with Crippen molar-refractivity contribution < 1.29 is 13.3 Å². The van der Waals surface area contributed by atoms with Gasteiger partial charge in [-0.05, 0) is 43.2 Å². The van der Waals surface area contributed by atoms with E-state index in [2.05, 4.69) is 9.82 Å². The van der Waals surface area contributed by atoms with E-state index in [1.165, 1.54) is 35.0 Å². The highest BCUT2D eigenvalue weighted by Gasteiger charge is 2.18. The molecule has 3 aromatic rings. The van der Waals surface area contributed by atoms with Crippen molar-refractivity contribution >= 4 is 21.5 Å². The highest BCUT2D eigenvalue weighted by Crippen LogP contribution is 2.23. The van der Waals surface area contributed by atoms with Crippen LogP contribution in [-0.2, 0) is 16.4 Å². The maximum atomic E-state index is 12.8. The van der Waals surface area contributed by atoms with E-state index in [1.54, 1.807) is 25.1 Å². The van der Waals surface area contributed by atoms with Crippen LogP contribution < -0.4 is 4.72 Å². The predicted octanol–water partition coefficient (Wildman–Crippen LogP) is 3.45. The van der Waals surface area contributed by atoms with Crippen LogP contribution in [-0.4, -0.2) is 23.1 Å². The summed E-state index contributed by atoms with van der Waals surface area (Å²) in [6, 6.07) is 14.0. The molecule has 0 amide bonds. The number of nitro groups is 1. The highest BCUT2D eigenvalue weighted by atomic mass is 32.2. The Kier molecular flexibility index (Phi) is 4.95. The molecule has 0 atom stereocenters. The molecular weight excluding hydrogens is 368 g/mol. The number of aromatic nitrogens is 2. The van der Waals surface area contributed by atoms with Gasteiger partial charge < -0.3 is 0 Å². The minimum atomic E-state index is -3.80. The van der Waals surface area contributed by atoms with E-state index in [0.29, 0.717) is 11.4 Å². The highest BCUT2D eigenvalue weighted by molar-refractivity contribution is 7.92. The molecule has 0 aliphatic rings. The number of anilines is 1. The zero-order valence-corrected chi connectivity index (χ0v) is 15.6. The van der Waals surface area contributed by atoms with E-state index < -0.39 is 14.9 Å². The molecule has 27 heavy (non-hydrogen) atoms. The number of hydrogen-bond acceptors (Lipinski definition) is 5. The SMILES string of the molecule is CCc1cccc(S(=O)(=O)Nc2cc(C)nn2-c2ccc([N+](=O)[O-])cc2)c1. The summed E-state index contributed by atoms with van der Waals surface area (Å²) in [5.41, 5.74) is 1.97. The van der Waals surface area contributed by atoms with Crippen molar-refractivity contribution in [3.63, 3.8) is 0 Å². The Morgan fingerprint density at radius 1 is 1.15 bits per heavy atom. The van der Waals surface area contributed by atoms with E-state index >= 15 is 0 Å². The minimum absolute atomic E-state index is 0.0545. The van der Waals surface area contributed by atoms with Gasteiger partial charge in [-0.3, -0.25) is 14.8 Å². The fraction of sp³-hybridized carbons (Fsp3) is 0.167. The first-order valence-corrected chi connectivity index (χ1v) is 9.72.